The zero-order valence-electron chi connectivity index (χ0n) is 8.76. The maximum absolute atomic E-state index is 10.4. The Labute approximate surface area is 86.5 Å². The van der Waals surface area contributed by atoms with Gasteiger partial charge >= 0.3 is 5.88 Å². The lowest BCUT2D eigenvalue weighted by atomic mass is 10.1. The number of hydroxylamine groups is 2. The van der Waals surface area contributed by atoms with E-state index in [1.54, 1.807) is 11.1 Å². The van der Waals surface area contributed by atoms with E-state index in [1.807, 2.05) is 20.8 Å². The topological polar surface area (TPSA) is 71.8 Å². The van der Waals surface area contributed by atoms with E-state index in [-0.39, 0.29) is 17.7 Å². The average Bonchev–Trinajstić information content (AvgIpc) is 2.76. The van der Waals surface area contributed by atoms with E-state index < -0.39 is 4.92 Å². The smallest absolute Gasteiger partial charge is 0.401 e. The van der Waals surface area contributed by atoms with E-state index in [4.69, 9.17) is 9.25 Å². The summed E-state index contributed by atoms with van der Waals surface area (Å²) in [6, 6.07) is 2.90. The van der Waals surface area contributed by atoms with Crippen molar-refractivity contribution in [2.24, 2.45) is 0 Å². The van der Waals surface area contributed by atoms with Crippen LogP contribution in [0.5, 0.6) is 0 Å². The van der Waals surface area contributed by atoms with Gasteiger partial charge < -0.3 is 4.42 Å². The van der Waals surface area contributed by atoms with Gasteiger partial charge in [-0.2, -0.15) is 0 Å². The fraction of sp³-hybridized carbons (Fsp3) is 0.556. The molecule has 0 aromatic carbocycles. The number of furan rings is 1. The Morgan fingerprint density at radius 1 is 1.47 bits per heavy atom. The number of nitro groups is 1. The molecule has 0 saturated carbocycles. The molecule has 15 heavy (non-hydrogen) atoms. The van der Waals surface area contributed by atoms with Crippen LogP contribution >= 0.6 is 0 Å². The first-order valence-corrected chi connectivity index (χ1v) is 4.60. The van der Waals surface area contributed by atoms with Crippen LogP contribution in [0.25, 0.3) is 0 Å². The summed E-state index contributed by atoms with van der Waals surface area (Å²) in [5.74, 6) is 0.214. The van der Waals surface area contributed by atoms with Gasteiger partial charge in [-0.25, -0.2) is 0 Å². The lowest BCUT2D eigenvalue weighted by Gasteiger charge is -2.15. The second kappa shape index (κ2) is 3.04. The van der Waals surface area contributed by atoms with Crippen molar-refractivity contribution < 1.29 is 14.2 Å². The first kappa shape index (κ1) is 10.1. The van der Waals surface area contributed by atoms with Gasteiger partial charge in [0, 0.05) is 5.54 Å². The van der Waals surface area contributed by atoms with Crippen LogP contribution < -0.4 is 0 Å². The van der Waals surface area contributed by atoms with E-state index in [0.29, 0.717) is 5.76 Å². The van der Waals surface area contributed by atoms with Crippen molar-refractivity contribution in [3.05, 3.63) is 28.0 Å². The van der Waals surface area contributed by atoms with Crippen LogP contribution in [0.4, 0.5) is 5.88 Å². The molecular formula is C9H12N2O4. The van der Waals surface area contributed by atoms with Crippen LogP contribution in [0.15, 0.2) is 16.5 Å². The lowest BCUT2D eigenvalue weighted by Crippen LogP contribution is -2.25. The van der Waals surface area contributed by atoms with Crippen molar-refractivity contribution >= 4 is 5.88 Å². The van der Waals surface area contributed by atoms with Crippen LogP contribution in [0.3, 0.4) is 0 Å². The fourth-order valence-electron chi connectivity index (χ4n) is 1.33. The molecule has 0 radical (unpaired) electrons. The van der Waals surface area contributed by atoms with Gasteiger partial charge in [-0.05, 0) is 26.8 Å². The predicted octanol–water partition coefficient (Wildman–Crippen LogP) is 2.23. The summed E-state index contributed by atoms with van der Waals surface area (Å²) >= 11 is 0. The molecule has 82 valence electrons. The zero-order valence-corrected chi connectivity index (χ0v) is 8.76. The van der Waals surface area contributed by atoms with Crippen molar-refractivity contribution in [1.82, 2.24) is 5.06 Å². The van der Waals surface area contributed by atoms with E-state index >= 15 is 0 Å². The van der Waals surface area contributed by atoms with Crippen molar-refractivity contribution in [1.29, 1.82) is 0 Å². The van der Waals surface area contributed by atoms with Crippen molar-refractivity contribution in [3.8, 4) is 0 Å². The van der Waals surface area contributed by atoms with E-state index in [1.165, 1.54) is 6.07 Å². The molecule has 1 aliphatic heterocycles. The quantitative estimate of drug-likeness (QED) is 0.427. The van der Waals surface area contributed by atoms with Gasteiger partial charge in [-0.1, -0.05) is 0 Å². The number of rotatable bonds is 2. The molecular weight excluding hydrogens is 200 g/mol. The number of hydrogen-bond acceptors (Lipinski definition) is 5. The standard InChI is InChI=1S/C9H12N2O4/c1-9(2,3)10-8(15-10)6-4-5-7(14-6)11(12)13/h4-5,8H,1-3H3. The normalized spacial score (nSPS) is 25.3. The average molecular weight is 212 g/mol. The molecule has 0 N–H and O–H groups in total. The van der Waals surface area contributed by atoms with E-state index in [2.05, 4.69) is 0 Å². The van der Waals surface area contributed by atoms with Gasteiger partial charge in [0.1, 0.15) is 4.92 Å². The Bertz CT molecular complexity index is 393. The molecule has 2 unspecified atom stereocenters. The van der Waals surface area contributed by atoms with Gasteiger partial charge in [0.05, 0.1) is 6.07 Å². The Kier molecular flexibility index (Phi) is 2.06. The lowest BCUT2D eigenvalue weighted by molar-refractivity contribution is -0.402. The van der Waals surface area contributed by atoms with Gasteiger partial charge in [-0.15, -0.1) is 5.06 Å². The molecule has 6 heteroatoms. The molecule has 1 aliphatic rings. The van der Waals surface area contributed by atoms with Crippen LogP contribution in [-0.2, 0) is 4.84 Å². The molecule has 2 heterocycles. The monoisotopic (exact) mass is 212 g/mol. The van der Waals surface area contributed by atoms with Crippen LogP contribution in [0.1, 0.15) is 32.8 Å². The van der Waals surface area contributed by atoms with Gasteiger partial charge in [0.15, 0.2) is 5.76 Å². The highest BCUT2D eigenvalue weighted by Gasteiger charge is 2.48. The summed E-state index contributed by atoms with van der Waals surface area (Å²) in [5, 5.41) is 12.1. The minimum absolute atomic E-state index is 0.133. The highest BCUT2D eigenvalue weighted by atomic mass is 16.8. The Balaban J connectivity index is 2.10. The summed E-state index contributed by atoms with van der Waals surface area (Å²) in [6.45, 7) is 5.97. The largest absolute Gasteiger partial charge is 0.433 e. The molecule has 1 aromatic heterocycles. The number of nitrogens with zero attached hydrogens (tertiary/aromatic N) is 2. The summed E-state index contributed by atoms with van der Waals surface area (Å²) < 4.78 is 5.03. The van der Waals surface area contributed by atoms with Crippen LogP contribution in [0.2, 0.25) is 0 Å². The molecule has 6 nitrogen and oxygen atoms in total. The third kappa shape index (κ3) is 1.86. The van der Waals surface area contributed by atoms with E-state index in [0.717, 1.165) is 0 Å². The molecule has 2 atom stereocenters. The fourth-order valence-corrected chi connectivity index (χ4v) is 1.33. The third-order valence-corrected chi connectivity index (χ3v) is 2.08. The maximum Gasteiger partial charge on any atom is 0.433 e. The predicted molar refractivity (Wildman–Crippen MR) is 50.8 cm³/mol. The van der Waals surface area contributed by atoms with Crippen LogP contribution in [0, 0.1) is 10.1 Å². The zero-order chi connectivity index (χ0) is 11.2. The molecule has 1 aromatic rings. The minimum atomic E-state index is -0.562. The van der Waals surface area contributed by atoms with Crippen LogP contribution in [-0.4, -0.2) is 15.5 Å². The first-order chi connectivity index (χ1) is 6.89. The molecule has 1 fully saturated rings. The maximum atomic E-state index is 10.4. The Hall–Kier alpha value is -1.40. The molecule has 0 spiro atoms. The third-order valence-electron chi connectivity index (χ3n) is 2.08. The molecule has 2 rings (SSSR count). The summed E-state index contributed by atoms with van der Waals surface area (Å²) in [7, 11) is 0. The molecule has 1 saturated heterocycles. The second-order valence-electron chi connectivity index (χ2n) is 4.39. The molecule has 0 bridgehead atoms. The van der Waals surface area contributed by atoms with Gasteiger partial charge in [0.25, 0.3) is 0 Å². The van der Waals surface area contributed by atoms with Crippen molar-refractivity contribution in [2.45, 2.75) is 32.5 Å². The van der Waals surface area contributed by atoms with Gasteiger partial charge in [-0.3, -0.25) is 15.0 Å². The summed E-state index contributed by atoms with van der Waals surface area (Å²) in [5.41, 5.74) is -0.133. The highest BCUT2D eigenvalue weighted by Crippen LogP contribution is 2.44. The second-order valence-corrected chi connectivity index (χ2v) is 4.39. The highest BCUT2D eigenvalue weighted by molar-refractivity contribution is 5.20. The molecule has 0 amide bonds. The Morgan fingerprint density at radius 3 is 2.53 bits per heavy atom. The summed E-state index contributed by atoms with van der Waals surface area (Å²) in [6.07, 6.45) is -0.293. The van der Waals surface area contributed by atoms with E-state index in [9.17, 15) is 10.1 Å². The summed E-state index contributed by atoms with van der Waals surface area (Å²) in [4.78, 5) is 15.1. The van der Waals surface area contributed by atoms with Crippen molar-refractivity contribution in [2.75, 3.05) is 0 Å². The molecule has 0 aliphatic carbocycles. The Morgan fingerprint density at radius 2 is 2.13 bits per heavy atom. The van der Waals surface area contributed by atoms with Gasteiger partial charge in [0.2, 0.25) is 6.23 Å². The SMILES string of the molecule is CC(C)(C)N1OC1c1ccc([N+](=O)[O-])o1. The first-order valence-electron chi connectivity index (χ1n) is 4.60. The minimum Gasteiger partial charge on any atom is -0.401 e. The number of hydrogen-bond donors (Lipinski definition) is 0. The van der Waals surface area contributed by atoms with Crippen molar-refractivity contribution in [3.63, 3.8) is 0 Å².